The van der Waals surface area contributed by atoms with E-state index in [1.165, 1.54) is 37.5 Å². The highest BCUT2D eigenvalue weighted by molar-refractivity contribution is 5.92. The molecular weight excluding hydrogens is 315 g/mol. The maximum atomic E-state index is 13.1. The molecule has 2 nitrogen and oxygen atoms in total. The zero-order valence-electron chi connectivity index (χ0n) is 13.5. The molecule has 0 heterocycles. The fourth-order valence-corrected chi connectivity index (χ4v) is 5.88. The summed E-state index contributed by atoms with van der Waals surface area (Å²) in [6, 6.07) is 5.22. The summed E-state index contributed by atoms with van der Waals surface area (Å²) < 4.78 is 39.2. The lowest BCUT2D eigenvalue weighted by Crippen LogP contribution is -2.47. The molecule has 1 aromatic carbocycles. The van der Waals surface area contributed by atoms with Gasteiger partial charge in [0.15, 0.2) is 0 Å². The second kappa shape index (κ2) is 5.50. The lowest BCUT2D eigenvalue weighted by Gasteiger charge is -2.56. The predicted octanol–water partition coefficient (Wildman–Crippen LogP) is 5.25. The number of nitrogens with one attached hydrogen (secondary N) is 1. The van der Waals surface area contributed by atoms with Crippen molar-refractivity contribution < 1.29 is 18.0 Å². The van der Waals surface area contributed by atoms with Crippen molar-refractivity contribution in [3.8, 4) is 0 Å². The van der Waals surface area contributed by atoms with Crippen LogP contribution in [0.5, 0.6) is 0 Å². The van der Waals surface area contributed by atoms with Crippen LogP contribution in [0.3, 0.4) is 0 Å². The number of alkyl halides is 3. The molecule has 4 fully saturated rings. The van der Waals surface area contributed by atoms with Gasteiger partial charge in [-0.15, -0.1) is 0 Å². The molecule has 4 saturated carbocycles. The average Bonchev–Trinajstić information content (AvgIpc) is 2.44. The Bertz CT molecular complexity index is 617. The number of carbonyl (C=O) groups is 1. The van der Waals surface area contributed by atoms with E-state index in [2.05, 4.69) is 5.32 Å². The van der Waals surface area contributed by atoms with E-state index in [1.54, 1.807) is 0 Å². The number of rotatable bonds is 3. The molecule has 1 N–H and O–H groups in total. The summed E-state index contributed by atoms with van der Waals surface area (Å²) >= 11 is 0. The van der Waals surface area contributed by atoms with Crippen molar-refractivity contribution in [1.29, 1.82) is 0 Å². The number of anilines is 1. The Kier molecular flexibility index (Phi) is 3.66. The number of hydrogen-bond acceptors (Lipinski definition) is 1. The number of amides is 1. The van der Waals surface area contributed by atoms with E-state index >= 15 is 0 Å². The van der Waals surface area contributed by atoms with Crippen LogP contribution in [-0.2, 0) is 11.0 Å². The first-order valence-corrected chi connectivity index (χ1v) is 8.79. The Morgan fingerprint density at radius 3 is 2.12 bits per heavy atom. The molecule has 5 heteroatoms. The molecule has 0 spiro atoms. The Morgan fingerprint density at radius 2 is 1.58 bits per heavy atom. The maximum Gasteiger partial charge on any atom is 0.418 e. The van der Waals surface area contributed by atoms with Gasteiger partial charge in [-0.2, -0.15) is 13.2 Å². The van der Waals surface area contributed by atoms with Crippen LogP contribution in [0.25, 0.3) is 0 Å². The van der Waals surface area contributed by atoms with Gasteiger partial charge in [-0.1, -0.05) is 12.1 Å². The second-order valence-electron chi connectivity index (χ2n) is 8.19. The molecule has 0 saturated heterocycles. The molecule has 0 aliphatic heterocycles. The number of para-hydroxylation sites is 1. The highest BCUT2D eigenvalue weighted by atomic mass is 19.4. The third-order valence-electron chi connectivity index (χ3n) is 6.21. The van der Waals surface area contributed by atoms with E-state index in [1.807, 2.05) is 0 Å². The van der Waals surface area contributed by atoms with Crippen molar-refractivity contribution in [2.24, 2.45) is 23.2 Å². The van der Waals surface area contributed by atoms with Crippen LogP contribution in [-0.4, -0.2) is 5.91 Å². The van der Waals surface area contributed by atoms with E-state index in [-0.39, 0.29) is 17.0 Å². The Labute approximate surface area is 139 Å². The minimum atomic E-state index is -4.45. The number of halogens is 3. The zero-order valence-corrected chi connectivity index (χ0v) is 13.5. The minimum Gasteiger partial charge on any atom is -0.325 e. The third-order valence-corrected chi connectivity index (χ3v) is 6.21. The van der Waals surface area contributed by atoms with Gasteiger partial charge in [0.1, 0.15) is 0 Å². The van der Waals surface area contributed by atoms with Crippen LogP contribution in [0.2, 0.25) is 0 Å². The highest BCUT2D eigenvalue weighted by Gasteiger charge is 2.51. The van der Waals surface area contributed by atoms with Gasteiger partial charge in [0, 0.05) is 6.42 Å². The summed E-state index contributed by atoms with van der Waals surface area (Å²) in [5.74, 6) is 1.91. The maximum absolute atomic E-state index is 13.1. The minimum absolute atomic E-state index is 0.0337. The summed E-state index contributed by atoms with van der Waals surface area (Å²) in [7, 11) is 0. The molecule has 4 aliphatic rings. The summed E-state index contributed by atoms with van der Waals surface area (Å²) in [4.78, 5) is 12.5. The summed E-state index contributed by atoms with van der Waals surface area (Å²) in [6.45, 7) is 0. The van der Waals surface area contributed by atoms with Crippen LogP contribution >= 0.6 is 0 Å². The standard InChI is InChI=1S/C19H22F3NO/c20-19(21,22)15-3-1-2-4-16(15)23-17(24)11-18-8-12-5-13(9-18)7-14(6-12)10-18/h1-4,12-14H,5-11H2,(H,23,24). The SMILES string of the molecule is O=C(CC12CC3CC(CC(C3)C1)C2)Nc1ccccc1C(F)(F)F. The van der Waals surface area contributed by atoms with Crippen molar-refractivity contribution in [3.63, 3.8) is 0 Å². The summed E-state index contributed by atoms with van der Waals surface area (Å²) in [5, 5.41) is 2.53. The Balaban J connectivity index is 1.48. The average molecular weight is 337 g/mol. The van der Waals surface area contributed by atoms with Gasteiger partial charge in [0.05, 0.1) is 11.3 Å². The molecule has 5 rings (SSSR count). The lowest BCUT2D eigenvalue weighted by atomic mass is 9.49. The molecule has 4 bridgehead atoms. The lowest BCUT2D eigenvalue weighted by molar-refractivity contribution is -0.137. The second-order valence-corrected chi connectivity index (χ2v) is 8.19. The predicted molar refractivity (Wildman–Crippen MR) is 85.3 cm³/mol. The first-order chi connectivity index (χ1) is 11.3. The molecule has 0 aromatic heterocycles. The fourth-order valence-electron chi connectivity index (χ4n) is 5.88. The molecule has 0 unspecified atom stereocenters. The van der Waals surface area contributed by atoms with E-state index in [4.69, 9.17) is 0 Å². The molecule has 1 aromatic rings. The van der Waals surface area contributed by atoms with E-state index < -0.39 is 11.7 Å². The van der Waals surface area contributed by atoms with Gasteiger partial charge >= 0.3 is 6.18 Å². The highest BCUT2D eigenvalue weighted by Crippen LogP contribution is 2.61. The Hall–Kier alpha value is -1.52. The molecule has 0 atom stereocenters. The van der Waals surface area contributed by atoms with Crippen LogP contribution in [0.4, 0.5) is 18.9 Å². The molecule has 24 heavy (non-hydrogen) atoms. The summed E-state index contributed by atoms with van der Waals surface area (Å²) in [5.41, 5.74) is -0.866. The first-order valence-electron chi connectivity index (χ1n) is 8.79. The first kappa shape index (κ1) is 16.0. The molecule has 0 radical (unpaired) electrons. The Morgan fingerprint density at radius 1 is 1.04 bits per heavy atom. The van der Waals surface area contributed by atoms with Gasteiger partial charge in [-0.05, 0) is 73.8 Å². The number of hydrogen-bond donors (Lipinski definition) is 1. The van der Waals surface area contributed by atoms with E-state index in [0.717, 1.165) is 43.1 Å². The largest absolute Gasteiger partial charge is 0.418 e. The van der Waals surface area contributed by atoms with Crippen molar-refractivity contribution in [3.05, 3.63) is 29.8 Å². The topological polar surface area (TPSA) is 29.1 Å². The quantitative estimate of drug-likeness (QED) is 0.802. The van der Waals surface area contributed by atoms with Crippen molar-refractivity contribution in [2.75, 3.05) is 5.32 Å². The van der Waals surface area contributed by atoms with Gasteiger partial charge in [0.2, 0.25) is 5.91 Å². The van der Waals surface area contributed by atoms with Crippen LogP contribution in [0.1, 0.15) is 50.5 Å². The van der Waals surface area contributed by atoms with Crippen LogP contribution in [0, 0.1) is 23.2 Å². The summed E-state index contributed by atoms with van der Waals surface area (Å²) in [6.07, 6.45) is 3.01. The molecule has 130 valence electrons. The van der Waals surface area contributed by atoms with Gasteiger partial charge < -0.3 is 5.32 Å². The monoisotopic (exact) mass is 337 g/mol. The van der Waals surface area contributed by atoms with E-state index in [9.17, 15) is 18.0 Å². The van der Waals surface area contributed by atoms with Gasteiger partial charge in [0.25, 0.3) is 0 Å². The van der Waals surface area contributed by atoms with Crippen molar-refractivity contribution in [1.82, 2.24) is 0 Å². The van der Waals surface area contributed by atoms with Crippen molar-refractivity contribution >= 4 is 11.6 Å². The van der Waals surface area contributed by atoms with Gasteiger partial charge in [-0.3, -0.25) is 4.79 Å². The molecule has 4 aliphatic carbocycles. The normalized spacial score (nSPS) is 34.4. The fraction of sp³-hybridized carbons (Fsp3) is 0.632. The molecular formula is C19H22F3NO. The van der Waals surface area contributed by atoms with Gasteiger partial charge in [-0.25, -0.2) is 0 Å². The van der Waals surface area contributed by atoms with Crippen molar-refractivity contribution in [2.45, 2.75) is 51.1 Å². The number of carbonyl (C=O) groups excluding carboxylic acids is 1. The van der Waals surface area contributed by atoms with E-state index in [0.29, 0.717) is 6.42 Å². The van der Waals surface area contributed by atoms with Crippen LogP contribution in [0.15, 0.2) is 24.3 Å². The smallest absolute Gasteiger partial charge is 0.325 e. The molecule has 1 amide bonds. The third kappa shape index (κ3) is 2.93. The van der Waals surface area contributed by atoms with Crippen LogP contribution < -0.4 is 5.32 Å². The zero-order chi connectivity index (χ0) is 16.9. The number of benzene rings is 1.